The van der Waals surface area contributed by atoms with E-state index in [4.69, 9.17) is 0 Å². The van der Waals surface area contributed by atoms with Crippen LogP contribution in [0, 0.1) is 5.92 Å². The number of nitrogens with zero attached hydrogens (tertiary/aromatic N) is 2. The van der Waals surface area contributed by atoms with Crippen molar-refractivity contribution in [3.8, 4) is 0 Å². The molecule has 2 heterocycles. The summed E-state index contributed by atoms with van der Waals surface area (Å²) in [7, 11) is 3.34. The van der Waals surface area contributed by atoms with E-state index in [1.165, 1.54) is 21.2 Å². The largest absolute Gasteiger partial charge is 0.327 e. The molecular weight excluding hydrogens is 302 g/mol. The van der Waals surface area contributed by atoms with Gasteiger partial charge in [0, 0.05) is 20.0 Å². The third-order valence-corrected chi connectivity index (χ3v) is 5.43. The van der Waals surface area contributed by atoms with Gasteiger partial charge in [-0.15, -0.1) is 0 Å². The summed E-state index contributed by atoms with van der Waals surface area (Å²) >= 11 is 0. The number of carbonyl (C=O) groups is 2. The van der Waals surface area contributed by atoms with Crippen molar-refractivity contribution in [2.24, 2.45) is 5.92 Å². The maximum atomic E-state index is 12.9. The van der Waals surface area contributed by atoms with Crippen molar-refractivity contribution in [3.63, 3.8) is 0 Å². The van der Waals surface area contributed by atoms with E-state index >= 15 is 0 Å². The van der Waals surface area contributed by atoms with Crippen molar-refractivity contribution in [2.45, 2.75) is 18.5 Å². The zero-order valence-corrected chi connectivity index (χ0v) is 13.9. The molecule has 0 saturated carbocycles. The van der Waals surface area contributed by atoms with Crippen LogP contribution in [0.5, 0.6) is 0 Å². The van der Waals surface area contributed by atoms with Crippen LogP contribution < -0.4 is 5.32 Å². The van der Waals surface area contributed by atoms with Crippen molar-refractivity contribution in [1.82, 2.24) is 15.1 Å². The van der Waals surface area contributed by atoms with Gasteiger partial charge < -0.3 is 4.90 Å². The molecule has 24 heavy (non-hydrogen) atoms. The Bertz CT molecular complexity index is 814. The van der Waals surface area contributed by atoms with Gasteiger partial charge in [0.25, 0.3) is 0 Å². The summed E-state index contributed by atoms with van der Waals surface area (Å²) in [6.07, 6.45) is 0.649. The first-order chi connectivity index (χ1) is 11.6. The van der Waals surface area contributed by atoms with Crippen LogP contribution in [0.1, 0.15) is 17.9 Å². The number of imide groups is 1. The molecule has 0 aliphatic carbocycles. The van der Waals surface area contributed by atoms with Crippen molar-refractivity contribution in [3.05, 3.63) is 48.0 Å². The monoisotopic (exact) mass is 323 g/mol. The number of nitrogens with one attached hydrogen (secondary N) is 1. The first-order valence-electron chi connectivity index (χ1n) is 8.35. The Labute approximate surface area is 141 Å². The molecule has 2 aromatic carbocycles. The van der Waals surface area contributed by atoms with E-state index in [0.717, 1.165) is 13.0 Å². The Kier molecular flexibility index (Phi) is 3.53. The average molecular weight is 323 g/mol. The maximum Gasteiger partial charge on any atom is 0.327 e. The third kappa shape index (κ3) is 2.12. The molecule has 1 N–H and O–H groups in total. The Morgan fingerprint density at radius 3 is 2.62 bits per heavy atom. The minimum Gasteiger partial charge on any atom is -0.311 e. The first kappa shape index (κ1) is 15.1. The number of amides is 3. The Morgan fingerprint density at radius 2 is 1.79 bits per heavy atom. The van der Waals surface area contributed by atoms with Crippen LogP contribution >= 0.6 is 0 Å². The number of fused-ring (bicyclic) bond motifs is 2. The molecule has 2 saturated heterocycles. The second-order valence-corrected chi connectivity index (χ2v) is 6.68. The predicted molar refractivity (Wildman–Crippen MR) is 92.5 cm³/mol. The van der Waals surface area contributed by atoms with Crippen molar-refractivity contribution in [2.75, 3.05) is 20.6 Å². The van der Waals surface area contributed by atoms with E-state index in [9.17, 15) is 9.59 Å². The number of urea groups is 1. The lowest BCUT2D eigenvalue weighted by Gasteiger charge is -2.48. The van der Waals surface area contributed by atoms with Gasteiger partial charge in [-0.25, -0.2) is 4.79 Å². The van der Waals surface area contributed by atoms with Crippen LogP contribution in [0.4, 0.5) is 4.79 Å². The van der Waals surface area contributed by atoms with E-state index in [-0.39, 0.29) is 29.9 Å². The van der Waals surface area contributed by atoms with Crippen LogP contribution in [0.25, 0.3) is 10.8 Å². The van der Waals surface area contributed by atoms with E-state index in [1.54, 1.807) is 19.0 Å². The summed E-state index contributed by atoms with van der Waals surface area (Å²) in [5, 5.41) is 5.74. The molecule has 0 aromatic heterocycles. The van der Waals surface area contributed by atoms with Gasteiger partial charge in [-0.1, -0.05) is 42.5 Å². The van der Waals surface area contributed by atoms with Crippen LogP contribution in [-0.2, 0) is 4.79 Å². The molecule has 0 spiro atoms. The highest BCUT2D eigenvalue weighted by Crippen LogP contribution is 2.40. The zero-order chi connectivity index (χ0) is 16.8. The molecule has 5 nitrogen and oxygen atoms in total. The van der Waals surface area contributed by atoms with E-state index in [1.807, 2.05) is 12.1 Å². The fraction of sp³-hybridized carbons (Fsp3) is 0.368. The summed E-state index contributed by atoms with van der Waals surface area (Å²) in [5.74, 6) is -0.238. The number of benzene rings is 2. The minimum atomic E-state index is -0.253. The molecule has 3 unspecified atom stereocenters. The molecule has 4 rings (SSSR count). The van der Waals surface area contributed by atoms with Gasteiger partial charge in [-0.2, -0.15) is 0 Å². The second kappa shape index (κ2) is 5.60. The Hall–Kier alpha value is -2.40. The summed E-state index contributed by atoms with van der Waals surface area (Å²) in [6, 6.07) is 14.3. The summed E-state index contributed by atoms with van der Waals surface area (Å²) < 4.78 is 0. The van der Waals surface area contributed by atoms with Crippen molar-refractivity contribution >= 4 is 22.7 Å². The first-order valence-corrected chi connectivity index (χ1v) is 8.35. The highest BCUT2D eigenvalue weighted by atomic mass is 16.2. The molecule has 0 bridgehead atoms. The number of hydrogen-bond donors (Lipinski definition) is 1. The van der Waals surface area contributed by atoms with Gasteiger partial charge in [0.1, 0.15) is 0 Å². The SMILES string of the molecule is CN1C(=O)C2C(c3cccc4ccccc34)CCNC2N(C)C1=O. The number of carbonyl (C=O) groups excluding carboxylic acids is 2. The van der Waals surface area contributed by atoms with Gasteiger partial charge in [-0.3, -0.25) is 15.0 Å². The van der Waals surface area contributed by atoms with Gasteiger partial charge in [0.2, 0.25) is 5.91 Å². The predicted octanol–water partition coefficient (Wildman–Crippen LogP) is 2.38. The third-order valence-electron chi connectivity index (χ3n) is 5.43. The van der Waals surface area contributed by atoms with Crippen LogP contribution in [0.3, 0.4) is 0 Å². The minimum absolute atomic E-state index is 0.0896. The summed E-state index contributed by atoms with van der Waals surface area (Å²) in [6.45, 7) is 0.795. The Morgan fingerprint density at radius 1 is 1.04 bits per heavy atom. The lowest BCUT2D eigenvalue weighted by Crippen LogP contribution is -2.66. The van der Waals surface area contributed by atoms with Crippen molar-refractivity contribution in [1.29, 1.82) is 0 Å². The fourth-order valence-corrected chi connectivity index (χ4v) is 4.19. The number of rotatable bonds is 1. The van der Waals surface area contributed by atoms with Gasteiger partial charge in [-0.05, 0) is 29.3 Å². The Balaban J connectivity index is 1.82. The molecule has 3 atom stereocenters. The molecule has 5 heteroatoms. The standard InChI is InChI=1S/C19H21N3O2/c1-21-17-16(18(23)22(2)19(21)24)15(10-11-20-17)14-9-5-7-12-6-3-4-8-13(12)14/h3-9,15-17,20H,10-11H2,1-2H3. The fourth-order valence-electron chi connectivity index (χ4n) is 4.19. The highest BCUT2D eigenvalue weighted by molar-refractivity contribution is 5.99. The van der Waals surface area contributed by atoms with Gasteiger partial charge >= 0.3 is 6.03 Å². The van der Waals surface area contributed by atoms with Crippen LogP contribution in [-0.4, -0.2) is 48.5 Å². The molecule has 2 aromatic rings. The quantitative estimate of drug-likeness (QED) is 0.877. The lowest BCUT2D eigenvalue weighted by molar-refractivity contribution is -0.140. The summed E-state index contributed by atoms with van der Waals surface area (Å²) in [4.78, 5) is 28.0. The molecule has 2 aliphatic heterocycles. The zero-order valence-electron chi connectivity index (χ0n) is 13.9. The number of piperidine rings is 1. The second-order valence-electron chi connectivity index (χ2n) is 6.68. The normalized spacial score (nSPS) is 27.5. The highest BCUT2D eigenvalue weighted by Gasteiger charge is 2.49. The van der Waals surface area contributed by atoms with E-state index in [2.05, 4.69) is 35.6 Å². The summed E-state index contributed by atoms with van der Waals surface area (Å²) in [5.41, 5.74) is 1.20. The lowest BCUT2D eigenvalue weighted by atomic mass is 9.76. The molecule has 2 aliphatic rings. The number of hydrogen-bond acceptors (Lipinski definition) is 3. The van der Waals surface area contributed by atoms with Crippen LogP contribution in [0.2, 0.25) is 0 Å². The molecule has 3 amide bonds. The smallest absolute Gasteiger partial charge is 0.311 e. The topological polar surface area (TPSA) is 52.7 Å². The molecular formula is C19H21N3O2. The van der Waals surface area contributed by atoms with E-state index < -0.39 is 0 Å². The van der Waals surface area contributed by atoms with E-state index in [0.29, 0.717) is 0 Å². The van der Waals surface area contributed by atoms with Crippen molar-refractivity contribution < 1.29 is 9.59 Å². The van der Waals surface area contributed by atoms with Gasteiger partial charge in [0.15, 0.2) is 0 Å². The molecule has 124 valence electrons. The maximum absolute atomic E-state index is 12.9. The molecule has 0 radical (unpaired) electrons. The van der Waals surface area contributed by atoms with Gasteiger partial charge in [0.05, 0.1) is 12.1 Å². The average Bonchev–Trinajstić information content (AvgIpc) is 2.63. The molecule has 2 fully saturated rings. The van der Waals surface area contributed by atoms with Crippen LogP contribution in [0.15, 0.2) is 42.5 Å².